The molecule has 2 aromatic heterocycles. The van der Waals surface area contributed by atoms with Crippen molar-refractivity contribution >= 4 is 11.2 Å². The fraction of sp³-hybridized carbons (Fsp3) is 0.600. The third-order valence-electron chi connectivity index (χ3n) is 3.69. The third kappa shape index (κ3) is 3.26. The second-order valence-electron chi connectivity index (χ2n) is 5.30. The Hall–Kier alpha value is -1.82. The number of aryl methyl sites for hydroxylation is 1. The molecule has 6 nitrogen and oxygen atoms in total. The van der Waals surface area contributed by atoms with E-state index in [0.29, 0.717) is 37.2 Å². The van der Waals surface area contributed by atoms with Gasteiger partial charge < -0.3 is 9.47 Å². The van der Waals surface area contributed by atoms with E-state index >= 15 is 0 Å². The molecule has 116 valence electrons. The van der Waals surface area contributed by atoms with E-state index in [9.17, 15) is 4.79 Å². The number of rotatable bonds is 7. The van der Waals surface area contributed by atoms with Gasteiger partial charge in [-0.2, -0.15) is 4.98 Å². The van der Waals surface area contributed by atoms with Gasteiger partial charge in [-0.3, -0.25) is 9.13 Å². The van der Waals surface area contributed by atoms with Gasteiger partial charge in [0.1, 0.15) is 6.61 Å². The average Bonchev–Trinajstić information content (AvgIpc) is 2.72. The van der Waals surface area contributed by atoms with Gasteiger partial charge in [0.15, 0.2) is 5.65 Å². The van der Waals surface area contributed by atoms with Crippen molar-refractivity contribution in [3.63, 3.8) is 0 Å². The smallest absolute Gasteiger partial charge is 0.330 e. The van der Waals surface area contributed by atoms with Gasteiger partial charge in [-0.1, -0.05) is 20.3 Å². The van der Waals surface area contributed by atoms with Crippen LogP contribution >= 0.6 is 0 Å². The summed E-state index contributed by atoms with van der Waals surface area (Å²) in [5.41, 5.74) is 1.46. The minimum atomic E-state index is -0.0353. The molecule has 0 aromatic carbocycles. The monoisotopic (exact) mass is 293 g/mol. The summed E-state index contributed by atoms with van der Waals surface area (Å²) in [4.78, 5) is 16.8. The van der Waals surface area contributed by atoms with E-state index < -0.39 is 0 Å². The summed E-state index contributed by atoms with van der Waals surface area (Å²) in [6.07, 6.45) is 1.02. The summed E-state index contributed by atoms with van der Waals surface area (Å²) < 4.78 is 13.8. The third-order valence-corrected chi connectivity index (χ3v) is 3.69. The van der Waals surface area contributed by atoms with Crippen LogP contribution in [0, 0.1) is 5.92 Å². The molecule has 0 spiro atoms. The lowest BCUT2D eigenvalue weighted by atomic mass is 10.1. The highest BCUT2D eigenvalue weighted by atomic mass is 16.5. The van der Waals surface area contributed by atoms with E-state index in [-0.39, 0.29) is 5.69 Å². The minimum Gasteiger partial charge on any atom is -0.475 e. The van der Waals surface area contributed by atoms with E-state index in [4.69, 9.17) is 9.47 Å². The molecule has 21 heavy (non-hydrogen) atoms. The zero-order chi connectivity index (χ0) is 15.4. The molecular formula is C15H23N3O3. The Kier molecular flexibility index (Phi) is 5.01. The number of imidazole rings is 1. The molecule has 2 rings (SSSR count). The van der Waals surface area contributed by atoms with Gasteiger partial charge in [0.25, 0.3) is 0 Å². The van der Waals surface area contributed by atoms with Crippen molar-refractivity contribution in [2.75, 3.05) is 20.3 Å². The van der Waals surface area contributed by atoms with Gasteiger partial charge in [-0.15, -0.1) is 0 Å². The molecule has 0 aliphatic rings. The minimum absolute atomic E-state index is 0.0353. The second-order valence-corrected chi connectivity index (χ2v) is 5.30. The molecule has 0 N–H and O–H groups in total. The molecule has 1 atom stereocenters. The Bertz CT molecular complexity index is 660. The zero-order valence-electron chi connectivity index (χ0n) is 13.1. The normalized spacial score (nSPS) is 12.8. The standard InChI is InChI=1S/C15H23N3O3/c1-5-11(2)10-18-14-12(17(3)15(18)19)6-7-13(16-14)21-9-8-20-4/h6-7,11H,5,8-10H2,1-4H3. The van der Waals surface area contributed by atoms with Gasteiger partial charge in [0, 0.05) is 26.8 Å². The zero-order valence-corrected chi connectivity index (χ0v) is 13.1. The van der Waals surface area contributed by atoms with Crippen molar-refractivity contribution in [2.24, 2.45) is 13.0 Å². The summed E-state index contributed by atoms with van der Waals surface area (Å²) in [5, 5.41) is 0. The molecule has 6 heteroatoms. The Balaban J connectivity index is 2.39. The highest BCUT2D eigenvalue weighted by molar-refractivity contribution is 5.72. The molecule has 1 unspecified atom stereocenters. The molecule has 0 amide bonds. The number of aromatic nitrogens is 3. The number of pyridine rings is 1. The number of hydrogen-bond donors (Lipinski definition) is 0. The van der Waals surface area contributed by atoms with Gasteiger partial charge in [-0.05, 0) is 12.0 Å². The fourth-order valence-electron chi connectivity index (χ4n) is 2.17. The summed E-state index contributed by atoms with van der Waals surface area (Å²) in [5.74, 6) is 0.941. The lowest BCUT2D eigenvalue weighted by Crippen LogP contribution is -2.24. The number of hydrogen-bond acceptors (Lipinski definition) is 4. The van der Waals surface area contributed by atoms with E-state index in [0.717, 1.165) is 11.9 Å². The van der Waals surface area contributed by atoms with Crippen LogP contribution in [0.15, 0.2) is 16.9 Å². The van der Waals surface area contributed by atoms with Crippen LogP contribution in [-0.2, 0) is 18.3 Å². The molecular weight excluding hydrogens is 270 g/mol. The first kappa shape index (κ1) is 15.6. The van der Waals surface area contributed by atoms with E-state index in [1.165, 1.54) is 0 Å². The molecule has 0 radical (unpaired) electrons. The van der Waals surface area contributed by atoms with Crippen molar-refractivity contribution in [3.05, 3.63) is 22.6 Å². The van der Waals surface area contributed by atoms with Crippen molar-refractivity contribution in [3.8, 4) is 5.88 Å². The topological polar surface area (TPSA) is 58.3 Å². The maximum Gasteiger partial charge on any atom is 0.330 e. The Morgan fingerprint density at radius 2 is 2.10 bits per heavy atom. The number of ether oxygens (including phenoxy) is 2. The molecule has 0 aliphatic heterocycles. The van der Waals surface area contributed by atoms with Crippen LogP contribution in [0.3, 0.4) is 0 Å². The Labute approximate surface area is 124 Å². The maximum atomic E-state index is 12.3. The fourth-order valence-corrected chi connectivity index (χ4v) is 2.17. The highest BCUT2D eigenvalue weighted by Gasteiger charge is 2.14. The molecule has 0 fully saturated rings. The van der Waals surface area contributed by atoms with Crippen molar-refractivity contribution < 1.29 is 9.47 Å². The average molecular weight is 293 g/mol. The summed E-state index contributed by atoms with van der Waals surface area (Å²) in [7, 11) is 3.39. The first-order chi connectivity index (χ1) is 10.1. The number of fused-ring (bicyclic) bond motifs is 1. The van der Waals surface area contributed by atoms with Crippen LogP contribution in [-0.4, -0.2) is 34.4 Å². The van der Waals surface area contributed by atoms with Gasteiger partial charge in [0.05, 0.1) is 12.1 Å². The predicted molar refractivity (Wildman–Crippen MR) is 81.8 cm³/mol. The van der Waals surface area contributed by atoms with Gasteiger partial charge >= 0.3 is 5.69 Å². The van der Waals surface area contributed by atoms with E-state index in [1.54, 1.807) is 29.4 Å². The Morgan fingerprint density at radius 1 is 1.33 bits per heavy atom. The predicted octanol–water partition coefficient (Wildman–Crippen LogP) is 1.81. The molecule has 0 saturated heterocycles. The van der Waals surface area contributed by atoms with Crippen LogP contribution in [0.5, 0.6) is 5.88 Å². The van der Waals surface area contributed by atoms with Crippen molar-refractivity contribution in [1.29, 1.82) is 0 Å². The molecule has 0 bridgehead atoms. The summed E-state index contributed by atoms with van der Waals surface area (Å²) >= 11 is 0. The van der Waals surface area contributed by atoms with Crippen molar-refractivity contribution in [1.82, 2.24) is 14.1 Å². The summed E-state index contributed by atoms with van der Waals surface area (Å²) in [6.45, 7) is 5.87. The lowest BCUT2D eigenvalue weighted by molar-refractivity contribution is 0.144. The van der Waals surface area contributed by atoms with Crippen LogP contribution < -0.4 is 10.4 Å². The Morgan fingerprint density at radius 3 is 2.76 bits per heavy atom. The van der Waals surface area contributed by atoms with Crippen LogP contribution in [0.4, 0.5) is 0 Å². The molecule has 0 saturated carbocycles. The van der Waals surface area contributed by atoms with Crippen LogP contribution in [0.2, 0.25) is 0 Å². The first-order valence-corrected chi connectivity index (χ1v) is 7.26. The SMILES string of the molecule is CCC(C)Cn1c(=O)n(C)c2ccc(OCCOC)nc21. The number of nitrogens with zero attached hydrogens (tertiary/aromatic N) is 3. The van der Waals surface area contributed by atoms with Crippen LogP contribution in [0.1, 0.15) is 20.3 Å². The van der Waals surface area contributed by atoms with Gasteiger partial charge in [0.2, 0.25) is 5.88 Å². The lowest BCUT2D eigenvalue weighted by Gasteiger charge is -2.09. The largest absolute Gasteiger partial charge is 0.475 e. The molecule has 0 aliphatic carbocycles. The first-order valence-electron chi connectivity index (χ1n) is 7.26. The van der Waals surface area contributed by atoms with Crippen molar-refractivity contribution in [2.45, 2.75) is 26.8 Å². The van der Waals surface area contributed by atoms with Gasteiger partial charge in [-0.25, -0.2) is 4.79 Å². The highest BCUT2D eigenvalue weighted by Crippen LogP contribution is 2.17. The van der Waals surface area contributed by atoms with Crippen LogP contribution in [0.25, 0.3) is 11.2 Å². The molecule has 2 aromatic rings. The maximum absolute atomic E-state index is 12.3. The second kappa shape index (κ2) is 6.76. The molecule has 2 heterocycles. The quantitative estimate of drug-likeness (QED) is 0.731. The van der Waals surface area contributed by atoms with E-state index in [1.807, 2.05) is 6.07 Å². The number of methoxy groups -OCH3 is 1. The van der Waals surface area contributed by atoms with E-state index in [2.05, 4.69) is 18.8 Å². The summed E-state index contributed by atoms with van der Waals surface area (Å²) in [6, 6.07) is 3.66.